The van der Waals surface area contributed by atoms with Crippen molar-refractivity contribution in [3.05, 3.63) is 388 Å². The Morgan fingerprint density at radius 1 is 0.111 bits per heavy atom. The van der Waals surface area contributed by atoms with Gasteiger partial charge in [-0.05, 0) is 208 Å². The normalized spacial score (nSPS) is 12.1. The number of aromatic nitrogens is 6. The second-order valence-electron chi connectivity index (χ2n) is 28.7. The number of hydrogen-bond donors (Lipinski definition) is 0. The van der Waals surface area contributed by atoms with E-state index in [0.717, 1.165) is 95.2 Å². The first-order valence-corrected chi connectivity index (χ1v) is 37.2. The molecular formula is C102H64N6. The third-order valence-corrected chi connectivity index (χ3v) is 22.9. The summed E-state index contributed by atoms with van der Waals surface area (Å²) < 4.78 is 14.7. The first kappa shape index (κ1) is 60.0. The fourth-order valence-corrected chi connectivity index (χ4v) is 18.3. The van der Waals surface area contributed by atoms with Crippen LogP contribution >= 0.6 is 0 Å². The Hall–Kier alpha value is -14.5. The Morgan fingerprint density at radius 3 is 0.704 bits per heavy atom. The van der Waals surface area contributed by atoms with Crippen molar-refractivity contribution in [1.82, 2.24) is 27.4 Å². The van der Waals surface area contributed by atoms with Crippen molar-refractivity contribution in [3.8, 4) is 78.6 Å². The van der Waals surface area contributed by atoms with E-state index in [2.05, 4.69) is 416 Å². The lowest BCUT2D eigenvalue weighted by Crippen LogP contribution is -1.97. The van der Waals surface area contributed by atoms with Gasteiger partial charge in [-0.3, -0.25) is 0 Å². The number of para-hydroxylation sites is 9. The smallest absolute Gasteiger partial charge is 0.0562 e. The monoisotopic (exact) mass is 1370 g/mol. The van der Waals surface area contributed by atoms with Gasteiger partial charge < -0.3 is 27.4 Å². The van der Waals surface area contributed by atoms with E-state index in [4.69, 9.17) is 0 Å². The Balaban J connectivity index is 0.695. The molecule has 0 saturated heterocycles. The summed E-state index contributed by atoms with van der Waals surface area (Å²) in [6, 6.07) is 144. The summed E-state index contributed by atoms with van der Waals surface area (Å²) in [5, 5.41) is 14.9. The zero-order valence-electron chi connectivity index (χ0n) is 58.6. The predicted molar refractivity (Wildman–Crippen MR) is 454 cm³/mol. The molecule has 108 heavy (non-hydrogen) atoms. The molecule has 0 aliphatic rings. The van der Waals surface area contributed by atoms with Gasteiger partial charge in [0.1, 0.15) is 0 Å². The van der Waals surface area contributed by atoms with Crippen molar-refractivity contribution in [3.63, 3.8) is 0 Å². The molecule has 0 radical (unpaired) electrons. The van der Waals surface area contributed by atoms with Crippen LogP contribution in [0.15, 0.2) is 388 Å². The van der Waals surface area contributed by atoms with Crippen LogP contribution in [0.1, 0.15) is 0 Å². The minimum absolute atomic E-state index is 1.08. The fourth-order valence-electron chi connectivity index (χ4n) is 18.3. The van der Waals surface area contributed by atoms with E-state index in [1.165, 1.54) is 114 Å². The molecule has 502 valence electrons. The van der Waals surface area contributed by atoms with Crippen molar-refractivity contribution in [1.29, 1.82) is 0 Å². The lowest BCUT2D eigenvalue weighted by atomic mass is 9.94. The van der Waals surface area contributed by atoms with Crippen LogP contribution in [-0.4, -0.2) is 27.4 Å². The van der Waals surface area contributed by atoms with E-state index in [-0.39, 0.29) is 0 Å². The van der Waals surface area contributed by atoms with Crippen LogP contribution < -0.4 is 0 Å². The van der Waals surface area contributed by atoms with Crippen molar-refractivity contribution >= 4 is 131 Å². The molecule has 6 heteroatoms. The summed E-state index contributed by atoms with van der Waals surface area (Å²) in [7, 11) is 0. The van der Waals surface area contributed by atoms with Crippen molar-refractivity contribution < 1.29 is 0 Å². The molecule has 0 atom stereocenters. The Kier molecular flexibility index (Phi) is 13.1. The summed E-state index contributed by atoms with van der Waals surface area (Å²) in [6.07, 6.45) is 0. The molecule has 0 spiro atoms. The summed E-state index contributed by atoms with van der Waals surface area (Å²) in [5.41, 5.74) is 29.9. The van der Waals surface area contributed by atoms with Crippen LogP contribution in [0, 0.1) is 0 Å². The summed E-state index contributed by atoms with van der Waals surface area (Å²) in [5.74, 6) is 0. The maximum absolute atomic E-state index is 2.52. The number of hydrogen-bond acceptors (Lipinski definition) is 0. The molecule has 23 rings (SSSR count). The second-order valence-corrected chi connectivity index (χ2v) is 28.7. The predicted octanol–water partition coefficient (Wildman–Crippen LogP) is 26.9. The fraction of sp³-hybridized carbons (Fsp3) is 0. The topological polar surface area (TPSA) is 29.6 Å². The van der Waals surface area contributed by atoms with Crippen LogP contribution in [0.4, 0.5) is 0 Å². The summed E-state index contributed by atoms with van der Waals surface area (Å²) in [4.78, 5) is 0. The van der Waals surface area contributed by atoms with Crippen LogP contribution in [0.5, 0.6) is 0 Å². The standard InChI is InChI=1S/C102H64N6/c1-4-32-73(33-5-1)103-89-48-18-12-42-81(89)99-93(103)52-54-95-101(99)83-44-14-20-50-91(83)106(95)76-38-24-30-69(59-76)65-26-22-28-67(56-65)71-58-72(62-78(61-71)108-92-51-21-15-45-84(92)102-96(108)55-53-94-100(102)82-43-13-19-49-90(82)104(94)74-34-6-2-7-35-74)68-29-23-27-66(57-68)70-31-25-39-77(60-70)107-88-47-17-11-41-80(88)86-63-85-79-40-10-16-46-87(79)105(97(85)64-98(86)107)75-36-8-3-9-37-75/h1-64H. The number of rotatable bonds is 10. The molecule has 23 aromatic rings. The van der Waals surface area contributed by atoms with Gasteiger partial charge in [-0.15, -0.1) is 0 Å². The number of benzene rings is 17. The zero-order chi connectivity index (χ0) is 70.7. The van der Waals surface area contributed by atoms with Crippen molar-refractivity contribution in [2.75, 3.05) is 0 Å². The van der Waals surface area contributed by atoms with Crippen LogP contribution in [0.3, 0.4) is 0 Å². The first-order chi connectivity index (χ1) is 53.6. The van der Waals surface area contributed by atoms with E-state index < -0.39 is 0 Å². The molecule has 0 aliphatic heterocycles. The quantitative estimate of drug-likeness (QED) is 0.131. The largest absolute Gasteiger partial charge is 0.309 e. The summed E-state index contributed by atoms with van der Waals surface area (Å²) >= 11 is 0. The molecule has 0 unspecified atom stereocenters. The molecule has 6 aromatic heterocycles. The van der Waals surface area contributed by atoms with E-state index in [9.17, 15) is 0 Å². The van der Waals surface area contributed by atoms with Gasteiger partial charge in [-0.1, -0.05) is 224 Å². The van der Waals surface area contributed by atoms with Crippen molar-refractivity contribution in [2.24, 2.45) is 0 Å². The highest BCUT2D eigenvalue weighted by Gasteiger charge is 2.25. The van der Waals surface area contributed by atoms with Crippen LogP contribution in [-0.2, 0) is 0 Å². The van der Waals surface area contributed by atoms with Gasteiger partial charge >= 0.3 is 0 Å². The minimum Gasteiger partial charge on any atom is -0.309 e. The number of fused-ring (bicyclic) bond motifs is 20. The SMILES string of the molecule is c1ccc(-n2c3ccccc3c3cc4c5ccccc5n(-c5cccc(-c6cccc(-c7cc(-c8cccc(-c9cccc(-n%10c%11ccccc%11c%11c%12c%13ccccc%13n(-c%13ccccc%13)c%12ccc%11%10)c9)c8)cc(-n8c9ccccc9c9c%10c%11ccccc%11n(-c%11ccccc%11)c%10ccc98)c7)c6)c5)c4cc32)cc1. The van der Waals surface area contributed by atoms with Crippen LogP contribution in [0.2, 0.25) is 0 Å². The van der Waals surface area contributed by atoms with Gasteiger partial charge in [0.15, 0.2) is 0 Å². The molecule has 17 aromatic carbocycles. The zero-order valence-corrected chi connectivity index (χ0v) is 58.6. The molecule has 0 amide bonds. The maximum Gasteiger partial charge on any atom is 0.0562 e. The molecule has 6 nitrogen and oxygen atoms in total. The van der Waals surface area contributed by atoms with Gasteiger partial charge in [-0.25, -0.2) is 0 Å². The molecule has 6 heterocycles. The third-order valence-electron chi connectivity index (χ3n) is 22.9. The highest BCUT2D eigenvalue weighted by atomic mass is 15.0. The van der Waals surface area contributed by atoms with E-state index in [0.29, 0.717) is 0 Å². The van der Waals surface area contributed by atoms with E-state index in [1.807, 2.05) is 0 Å². The maximum atomic E-state index is 2.52. The van der Waals surface area contributed by atoms with Gasteiger partial charge in [-0.2, -0.15) is 0 Å². The highest BCUT2D eigenvalue weighted by molar-refractivity contribution is 6.31. The lowest BCUT2D eigenvalue weighted by molar-refractivity contribution is 1.16. The molecule has 0 N–H and O–H groups in total. The van der Waals surface area contributed by atoms with Gasteiger partial charge in [0.25, 0.3) is 0 Å². The minimum atomic E-state index is 1.08. The molecule has 0 aliphatic carbocycles. The van der Waals surface area contributed by atoms with Crippen molar-refractivity contribution in [2.45, 2.75) is 0 Å². The lowest BCUT2D eigenvalue weighted by Gasteiger charge is -2.16. The molecule has 0 saturated carbocycles. The molecular weight excluding hydrogens is 1310 g/mol. The Bertz CT molecular complexity index is 7660. The van der Waals surface area contributed by atoms with E-state index in [1.54, 1.807) is 0 Å². The second kappa shape index (κ2) is 23.5. The van der Waals surface area contributed by atoms with E-state index >= 15 is 0 Å². The van der Waals surface area contributed by atoms with Gasteiger partial charge in [0.05, 0.1) is 66.2 Å². The summed E-state index contributed by atoms with van der Waals surface area (Å²) in [6.45, 7) is 0. The average Bonchev–Trinajstić information content (AvgIpc) is 1.55. The molecule has 0 fully saturated rings. The number of nitrogens with zero attached hydrogens (tertiary/aromatic N) is 6. The molecule has 0 bridgehead atoms. The van der Waals surface area contributed by atoms with Crippen LogP contribution in [0.25, 0.3) is 209 Å². The average molecular weight is 1370 g/mol. The highest BCUT2D eigenvalue weighted by Crippen LogP contribution is 2.48. The Labute approximate surface area is 621 Å². The van der Waals surface area contributed by atoms with Gasteiger partial charge in [0, 0.05) is 98.8 Å². The first-order valence-electron chi connectivity index (χ1n) is 37.2. The van der Waals surface area contributed by atoms with Gasteiger partial charge in [0.2, 0.25) is 0 Å². The third kappa shape index (κ3) is 8.95. The Morgan fingerprint density at radius 2 is 0.343 bits per heavy atom.